The first-order valence-electron chi connectivity index (χ1n) is 8.62. The number of hydrogen-bond acceptors (Lipinski definition) is 6. The Bertz CT molecular complexity index is 607. The Morgan fingerprint density at radius 3 is 2.60 bits per heavy atom. The molecule has 0 aliphatic carbocycles. The van der Waals surface area contributed by atoms with Gasteiger partial charge in [0.05, 0.1) is 6.61 Å². The topological polar surface area (TPSA) is 96.5 Å². The first-order chi connectivity index (χ1) is 11.8. The maximum atomic E-state index is 12.2. The van der Waals surface area contributed by atoms with Crippen molar-refractivity contribution in [3.8, 4) is 0 Å². The van der Waals surface area contributed by atoms with E-state index in [-0.39, 0.29) is 23.6 Å². The number of ether oxygens (including phenoxy) is 1. The van der Waals surface area contributed by atoms with Crippen LogP contribution in [0.1, 0.15) is 51.0 Å². The van der Waals surface area contributed by atoms with E-state index in [4.69, 9.17) is 4.74 Å². The number of anilines is 1. The highest BCUT2D eigenvalue weighted by Gasteiger charge is 2.24. The number of nitrogens with zero attached hydrogens (tertiary/aromatic N) is 3. The molecule has 138 valence electrons. The van der Waals surface area contributed by atoms with Gasteiger partial charge in [-0.25, -0.2) is 14.8 Å². The molecule has 1 fully saturated rings. The van der Waals surface area contributed by atoms with E-state index in [1.54, 1.807) is 24.1 Å². The molecule has 1 aromatic rings. The second-order valence-corrected chi connectivity index (χ2v) is 7.07. The molecule has 25 heavy (non-hydrogen) atoms. The monoisotopic (exact) mass is 349 g/mol. The second-order valence-electron chi connectivity index (χ2n) is 7.07. The van der Waals surface area contributed by atoms with Gasteiger partial charge in [-0.1, -0.05) is 0 Å². The number of nitrogens with one attached hydrogen (secondary N) is 2. The number of carbonyl (C=O) groups is 2. The van der Waals surface area contributed by atoms with Crippen LogP contribution in [0.4, 0.5) is 10.7 Å². The zero-order chi connectivity index (χ0) is 18.4. The molecule has 0 spiro atoms. The molecule has 0 saturated carbocycles. The van der Waals surface area contributed by atoms with Crippen LogP contribution in [0.2, 0.25) is 0 Å². The Morgan fingerprint density at radius 1 is 1.32 bits per heavy atom. The standard InChI is InChI=1S/C17H27N5O3/c1-5-25-16(24)22-10-7-12(8-11-22)19-15-18-9-6-13(20-15)14(23)21-17(2,3)4/h6,9,12H,5,7-8,10-11H2,1-4H3,(H,21,23)(H,18,19,20). The number of likely N-dealkylation sites (tertiary alicyclic amines) is 1. The Kier molecular flexibility index (Phi) is 6.17. The summed E-state index contributed by atoms with van der Waals surface area (Å²) < 4.78 is 5.01. The number of amides is 2. The summed E-state index contributed by atoms with van der Waals surface area (Å²) in [6.07, 6.45) is 2.86. The molecule has 1 aromatic heterocycles. The van der Waals surface area contributed by atoms with Gasteiger partial charge in [-0.15, -0.1) is 0 Å². The van der Waals surface area contributed by atoms with E-state index in [2.05, 4.69) is 20.6 Å². The van der Waals surface area contributed by atoms with Crippen molar-refractivity contribution in [2.45, 2.75) is 52.1 Å². The van der Waals surface area contributed by atoms with Gasteiger partial charge in [-0.3, -0.25) is 4.79 Å². The Balaban J connectivity index is 1.91. The maximum Gasteiger partial charge on any atom is 0.409 e. The van der Waals surface area contributed by atoms with E-state index in [9.17, 15) is 9.59 Å². The summed E-state index contributed by atoms with van der Waals surface area (Å²) in [5.41, 5.74) is 0.00613. The normalized spacial score (nSPS) is 15.6. The molecule has 2 amide bonds. The molecule has 0 atom stereocenters. The SMILES string of the molecule is CCOC(=O)N1CCC(Nc2nccc(C(=O)NC(C)(C)C)n2)CC1. The molecule has 2 heterocycles. The lowest BCUT2D eigenvalue weighted by molar-refractivity contribution is 0.0912. The smallest absolute Gasteiger partial charge is 0.409 e. The van der Waals surface area contributed by atoms with E-state index in [1.807, 2.05) is 20.8 Å². The molecule has 1 aliphatic rings. The van der Waals surface area contributed by atoms with Crippen LogP contribution in [0.25, 0.3) is 0 Å². The van der Waals surface area contributed by atoms with Crippen molar-refractivity contribution < 1.29 is 14.3 Å². The molecule has 2 N–H and O–H groups in total. The molecule has 8 heteroatoms. The lowest BCUT2D eigenvalue weighted by Gasteiger charge is -2.31. The highest BCUT2D eigenvalue weighted by atomic mass is 16.6. The summed E-state index contributed by atoms with van der Waals surface area (Å²) in [6.45, 7) is 9.19. The van der Waals surface area contributed by atoms with Gasteiger partial charge in [0.1, 0.15) is 5.69 Å². The van der Waals surface area contributed by atoms with Crippen molar-refractivity contribution in [3.05, 3.63) is 18.0 Å². The molecule has 1 aliphatic heterocycles. The van der Waals surface area contributed by atoms with Crippen LogP contribution in [0.15, 0.2) is 12.3 Å². The quantitative estimate of drug-likeness (QED) is 0.863. The van der Waals surface area contributed by atoms with E-state index in [0.717, 1.165) is 12.8 Å². The van der Waals surface area contributed by atoms with Gasteiger partial charge in [0.15, 0.2) is 0 Å². The van der Waals surface area contributed by atoms with E-state index in [1.165, 1.54) is 0 Å². The van der Waals surface area contributed by atoms with Crippen molar-refractivity contribution in [1.82, 2.24) is 20.2 Å². The van der Waals surface area contributed by atoms with Crippen LogP contribution in [-0.4, -0.2) is 58.1 Å². The van der Waals surface area contributed by atoms with Gasteiger partial charge in [-0.2, -0.15) is 0 Å². The summed E-state index contributed by atoms with van der Waals surface area (Å²) >= 11 is 0. The van der Waals surface area contributed by atoms with Crippen molar-refractivity contribution in [1.29, 1.82) is 0 Å². The third kappa shape index (κ3) is 5.88. The first-order valence-corrected chi connectivity index (χ1v) is 8.62. The highest BCUT2D eigenvalue weighted by molar-refractivity contribution is 5.92. The Labute approximate surface area is 148 Å². The summed E-state index contributed by atoms with van der Waals surface area (Å²) in [5, 5.41) is 6.13. The lowest BCUT2D eigenvalue weighted by atomic mass is 10.1. The number of hydrogen-bond donors (Lipinski definition) is 2. The van der Waals surface area contributed by atoms with Gasteiger partial charge in [-0.05, 0) is 46.6 Å². The molecular weight excluding hydrogens is 322 g/mol. The van der Waals surface area contributed by atoms with Crippen LogP contribution in [0.3, 0.4) is 0 Å². The fourth-order valence-corrected chi connectivity index (χ4v) is 2.56. The van der Waals surface area contributed by atoms with Gasteiger partial charge in [0.25, 0.3) is 5.91 Å². The van der Waals surface area contributed by atoms with E-state index in [0.29, 0.717) is 31.3 Å². The summed E-state index contributed by atoms with van der Waals surface area (Å²) in [5.74, 6) is 0.200. The zero-order valence-corrected chi connectivity index (χ0v) is 15.3. The number of piperidine rings is 1. The number of carbonyl (C=O) groups excluding carboxylic acids is 2. The third-order valence-corrected chi connectivity index (χ3v) is 3.73. The van der Waals surface area contributed by atoms with Gasteiger partial charge in [0, 0.05) is 30.9 Å². The zero-order valence-electron chi connectivity index (χ0n) is 15.3. The highest BCUT2D eigenvalue weighted by Crippen LogP contribution is 2.15. The number of rotatable bonds is 4. The van der Waals surface area contributed by atoms with Crippen molar-refractivity contribution >= 4 is 17.9 Å². The molecule has 0 aromatic carbocycles. The molecule has 2 rings (SSSR count). The average molecular weight is 349 g/mol. The van der Waals surface area contributed by atoms with Crippen LogP contribution in [0, 0.1) is 0 Å². The fraction of sp³-hybridized carbons (Fsp3) is 0.647. The predicted octanol–water partition coefficient (Wildman–Crippen LogP) is 2.04. The van der Waals surface area contributed by atoms with Gasteiger partial charge >= 0.3 is 6.09 Å². The fourth-order valence-electron chi connectivity index (χ4n) is 2.56. The van der Waals surface area contributed by atoms with Crippen molar-refractivity contribution in [3.63, 3.8) is 0 Å². The van der Waals surface area contributed by atoms with Crippen molar-refractivity contribution in [2.24, 2.45) is 0 Å². The molecule has 0 bridgehead atoms. The second kappa shape index (κ2) is 8.13. The molecule has 1 saturated heterocycles. The molecule has 0 unspecified atom stereocenters. The van der Waals surface area contributed by atoms with Gasteiger partial charge in [0.2, 0.25) is 5.95 Å². The molecule has 8 nitrogen and oxygen atoms in total. The maximum absolute atomic E-state index is 12.2. The molecule has 0 radical (unpaired) electrons. The van der Waals surface area contributed by atoms with Crippen LogP contribution < -0.4 is 10.6 Å². The third-order valence-electron chi connectivity index (χ3n) is 3.73. The summed E-state index contributed by atoms with van der Waals surface area (Å²) in [7, 11) is 0. The molecular formula is C17H27N5O3. The van der Waals surface area contributed by atoms with E-state index >= 15 is 0 Å². The van der Waals surface area contributed by atoms with Crippen molar-refractivity contribution in [2.75, 3.05) is 25.0 Å². The van der Waals surface area contributed by atoms with Gasteiger partial charge < -0.3 is 20.3 Å². The number of aromatic nitrogens is 2. The Hall–Kier alpha value is -2.38. The Morgan fingerprint density at radius 2 is 2.00 bits per heavy atom. The minimum absolute atomic E-state index is 0.159. The minimum Gasteiger partial charge on any atom is -0.450 e. The van der Waals surface area contributed by atoms with Crippen LogP contribution in [-0.2, 0) is 4.74 Å². The average Bonchev–Trinajstić information content (AvgIpc) is 2.54. The minimum atomic E-state index is -0.324. The van der Waals surface area contributed by atoms with E-state index < -0.39 is 0 Å². The lowest BCUT2D eigenvalue weighted by Crippen LogP contribution is -2.43. The summed E-state index contributed by atoms with van der Waals surface area (Å²) in [6, 6.07) is 1.75. The van der Waals surface area contributed by atoms with Crippen LogP contribution in [0.5, 0.6) is 0 Å². The summed E-state index contributed by atoms with van der Waals surface area (Å²) in [4.78, 5) is 34.1. The largest absolute Gasteiger partial charge is 0.450 e. The first kappa shape index (κ1) is 19.0. The predicted molar refractivity (Wildman–Crippen MR) is 94.5 cm³/mol. The van der Waals surface area contributed by atoms with Crippen LogP contribution >= 0.6 is 0 Å².